The van der Waals surface area contributed by atoms with Crippen molar-refractivity contribution >= 4 is 33.3 Å². The molecule has 2 rings (SSSR count). The number of benzene rings is 2. The molecule has 2 aromatic rings. The van der Waals surface area contributed by atoms with E-state index in [1.807, 2.05) is 31.0 Å². The Labute approximate surface area is 138 Å². The highest BCUT2D eigenvalue weighted by Crippen LogP contribution is 2.16. The molecule has 0 spiro atoms. The molecule has 0 aromatic heterocycles. The molecule has 0 amide bonds. The van der Waals surface area contributed by atoms with Gasteiger partial charge in [-0.2, -0.15) is 0 Å². The maximum absolute atomic E-state index is 12.5. The van der Waals surface area contributed by atoms with Crippen LogP contribution in [0.2, 0.25) is 5.02 Å². The van der Waals surface area contributed by atoms with Gasteiger partial charge in [0, 0.05) is 21.6 Å². The van der Waals surface area contributed by atoms with E-state index < -0.39 is 0 Å². The van der Waals surface area contributed by atoms with Crippen LogP contribution in [0.4, 0.5) is 0 Å². The van der Waals surface area contributed by atoms with Gasteiger partial charge in [-0.15, -0.1) is 0 Å². The number of hydrogen-bond acceptors (Lipinski definition) is 2. The molecular formula is C17H17BrClNO. The van der Waals surface area contributed by atoms with Crippen molar-refractivity contribution in [2.75, 3.05) is 7.05 Å². The van der Waals surface area contributed by atoms with Gasteiger partial charge in [-0.3, -0.25) is 9.69 Å². The molecule has 0 aliphatic carbocycles. The van der Waals surface area contributed by atoms with Crippen molar-refractivity contribution in [2.45, 2.75) is 19.5 Å². The van der Waals surface area contributed by atoms with Gasteiger partial charge in [-0.25, -0.2) is 0 Å². The van der Waals surface area contributed by atoms with Gasteiger partial charge in [0.2, 0.25) is 0 Å². The van der Waals surface area contributed by atoms with E-state index >= 15 is 0 Å². The van der Waals surface area contributed by atoms with E-state index in [1.54, 1.807) is 24.3 Å². The van der Waals surface area contributed by atoms with Crippen LogP contribution in [-0.4, -0.2) is 23.8 Å². The van der Waals surface area contributed by atoms with E-state index in [0.717, 1.165) is 11.0 Å². The maximum atomic E-state index is 12.5. The summed E-state index contributed by atoms with van der Waals surface area (Å²) in [7, 11) is 1.95. The zero-order valence-electron chi connectivity index (χ0n) is 12.0. The SMILES string of the molecule is CC(C(=O)c1cccc(Cl)c1)N(C)Cc1ccc(Br)cc1. The Morgan fingerprint density at radius 3 is 2.52 bits per heavy atom. The molecule has 0 radical (unpaired) electrons. The third-order valence-corrected chi connectivity index (χ3v) is 4.26. The Hall–Kier alpha value is -1.16. The number of carbonyl (C=O) groups is 1. The smallest absolute Gasteiger partial charge is 0.179 e. The van der Waals surface area contributed by atoms with Crippen LogP contribution in [0, 0.1) is 0 Å². The van der Waals surface area contributed by atoms with E-state index in [2.05, 4.69) is 28.1 Å². The summed E-state index contributed by atoms with van der Waals surface area (Å²) in [4.78, 5) is 14.5. The van der Waals surface area contributed by atoms with Gasteiger partial charge in [0.1, 0.15) is 0 Å². The molecule has 2 nitrogen and oxygen atoms in total. The molecule has 0 bridgehead atoms. The van der Waals surface area contributed by atoms with E-state index in [0.29, 0.717) is 10.6 Å². The van der Waals surface area contributed by atoms with Crippen molar-refractivity contribution in [3.63, 3.8) is 0 Å². The molecule has 0 fully saturated rings. The molecule has 0 heterocycles. The minimum atomic E-state index is -0.202. The lowest BCUT2D eigenvalue weighted by Crippen LogP contribution is -2.35. The van der Waals surface area contributed by atoms with Gasteiger partial charge in [-0.1, -0.05) is 51.8 Å². The monoisotopic (exact) mass is 365 g/mol. The van der Waals surface area contributed by atoms with Gasteiger partial charge in [0.05, 0.1) is 6.04 Å². The fourth-order valence-corrected chi connectivity index (χ4v) is 2.55. The average Bonchev–Trinajstić information content (AvgIpc) is 2.48. The molecular weight excluding hydrogens is 350 g/mol. The summed E-state index contributed by atoms with van der Waals surface area (Å²) in [5.74, 6) is 0.0807. The van der Waals surface area contributed by atoms with Crippen LogP contribution in [0.1, 0.15) is 22.8 Å². The summed E-state index contributed by atoms with van der Waals surface area (Å²) in [6.07, 6.45) is 0. The first-order valence-corrected chi connectivity index (χ1v) is 7.89. The Balaban J connectivity index is 2.06. The van der Waals surface area contributed by atoms with Gasteiger partial charge >= 0.3 is 0 Å². The molecule has 110 valence electrons. The van der Waals surface area contributed by atoms with Crippen LogP contribution in [-0.2, 0) is 6.54 Å². The van der Waals surface area contributed by atoms with Crippen molar-refractivity contribution in [2.24, 2.45) is 0 Å². The van der Waals surface area contributed by atoms with Crippen LogP contribution >= 0.6 is 27.5 Å². The lowest BCUT2D eigenvalue weighted by molar-refractivity contribution is 0.0862. The quantitative estimate of drug-likeness (QED) is 0.708. The molecule has 21 heavy (non-hydrogen) atoms. The standard InChI is InChI=1S/C17H17BrClNO/c1-12(17(21)14-4-3-5-16(19)10-14)20(2)11-13-6-8-15(18)9-7-13/h3-10,12H,11H2,1-2H3. The van der Waals surface area contributed by atoms with Gasteiger partial charge in [-0.05, 0) is 43.8 Å². The first kappa shape index (κ1) is 16.2. The minimum absolute atomic E-state index is 0.0807. The van der Waals surface area contributed by atoms with E-state index in [1.165, 1.54) is 5.56 Å². The fraction of sp³-hybridized carbons (Fsp3) is 0.235. The topological polar surface area (TPSA) is 20.3 Å². The summed E-state index contributed by atoms with van der Waals surface area (Å²) < 4.78 is 1.05. The van der Waals surface area contributed by atoms with Crippen molar-refractivity contribution < 1.29 is 4.79 Å². The lowest BCUT2D eigenvalue weighted by atomic mass is 10.0. The first-order chi connectivity index (χ1) is 9.97. The molecule has 0 saturated carbocycles. The average molecular weight is 367 g/mol. The zero-order chi connectivity index (χ0) is 15.4. The summed E-state index contributed by atoms with van der Waals surface area (Å²) in [5, 5.41) is 0.587. The molecule has 0 saturated heterocycles. The van der Waals surface area contributed by atoms with Crippen molar-refractivity contribution in [3.05, 3.63) is 69.2 Å². The van der Waals surface area contributed by atoms with Crippen molar-refractivity contribution in [3.8, 4) is 0 Å². The van der Waals surface area contributed by atoms with E-state index in [4.69, 9.17) is 11.6 Å². The van der Waals surface area contributed by atoms with E-state index in [9.17, 15) is 4.79 Å². The number of ketones is 1. The minimum Gasteiger partial charge on any atom is -0.292 e. The predicted molar refractivity (Wildman–Crippen MR) is 90.9 cm³/mol. The number of hydrogen-bond donors (Lipinski definition) is 0. The van der Waals surface area contributed by atoms with Gasteiger partial charge in [0.15, 0.2) is 5.78 Å². The van der Waals surface area contributed by atoms with Crippen LogP contribution < -0.4 is 0 Å². The molecule has 2 aromatic carbocycles. The summed E-state index contributed by atoms with van der Waals surface area (Å²) in [5.41, 5.74) is 1.82. The second-order valence-electron chi connectivity index (χ2n) is 5.09. The normalized spacial score (nSPS) is 12.4. The largest absolute Gasteiger partial charge is 0.292 e. The van der Waals surface area contributed by atoms with Crippen molar-refractivity contribution in [1.29, 1.82) is 0 Å². The Kier molecular flexibility index (Phi) is 5.57. The number of nitrogens with zero attached hydrogens (tertiary/aromatic N) is 1. The number of likely N-dealkylation sites (N-methyl/N-ethyl adjacent to an activating group) is 1. The number of halogens is 2. The fourth-order valence-electron chi connectivity index (χ4n) is 2.10. The zero-order valence-corrected chi connectivity index (χ0v) is 14.4. The summed E-state index contributed by atoms with van der Waals surface area (Å²) >= 11 is 9.37. The predicted octanol–water partition coefficient (Wildman–Crippen LogP) is 4.81. The number of rotatable bonds is 5. The Morgan fingerprint density at radius 2 is 1.90 bits per heavy atom. The van der Waals surface area contributed by atoms with E-state index in [-0.39, 0.29) is 11.8 Å². The third-order valence-electron chi connectivity index (χ3n) is 3.49. The summed E-state index contributed by atoms with van der Waals surface area (Å²) in [6, 6.07) is 15.0. The lowest BCUT2D eigenvalue weighted by Gasteiger charge is -2.23. The molecule has 0 N–H and O–H groups in total. The second-order valence-corrected chi connectivity index (χ2v) is 6.44. The van der Waals surface area contributed by atoms with Crippen molar-refractivity contribution in [1.82, 2.24) is 4.90 Å². The molecule has 1 atom stereocenters. The number of Topliss-reactive ketones (excluding diaryl/α,β-unsaturated/α-hetero) is 1. The number of carbonyl (C=O) groups excluding carboxylic acids is 1. The van der Waals surface area contributed by atoms with Gasteiger partial charge in [0.25, 0.3) is 0 Å². The Bertz CT molecular complexity index is 627. The highest BCUT2D eigenvalue weighted by Gasteiger charge is 2.19. The molecule has 4 heteroatoms. The van der Waals surface area contributed by atoms with Crippen LogP contribution in [0.25, 0.3) is 0 Å². The highest BCUT2D eigenvalue weighted by molar-refractivity contribution is 9.10. The summed E-state index contributed by atoms with van der Waals surface area (Å²) in [6.45, 7) is 2.64. The van der Waals surface area contributed by atoms with Crippen LogP contribution in [0.15, 0.2) is 53.0 Å². The third kappa shape index (κ3) is 4.40. The first-order valence-electron chi connectivity index (χ1n) is 6.72. The van der Waals surface area contributed by atoms with Gasteiger partial charge < -0.3 is 0 Å². The highest BCUT2D eigenvalue weighted by atomic mass is 79.9. The maximum Gasteiger partial charge on any atom is 0.179 e. The molecule has 0 aliphatic rings. The Morgan fingerprint density at radius 1 is 1.24 bits per heavy atom. The second kappa shape index (κ2) is 7.21. The van der Waals surface area contributed by atoms with Crippen LogP contribution in [0.5, 0.6) is 0 Å². The molecule has 1 unspecified atom stereocenters. The van der Waals surface area contributed by atoms with Crippen LogP contribution in [0.3, 0.4) is 0 Å². The molecule has 0 aliphatic heterocycles.